The number of rotatable bonds is 4. The smallest absolute Gasteiger partial charge is 0.258 e. The van der Waals surface area contributed by atoms with Gasteiger partial charge < -0.3 is 20.5 Å². The van der Waals surface area contributed by atoms with E-state index in [-0.39, 0.29) is 24.3 Å². The molecule has 0 aliphatic carbocycles. The molecule has 0 saturated carbocycles. The quantitative estimate of drug-likeness (QED) is 0.733. The summed E-state index contributed by atoms with van der Waals surface area (Å²) < 4.78 is 5.32. The SMILES string of the molecule is O=C(COc1ccc(O)cc1)N[C@H]1CCCNC1. The molecule has 18 heavy (non-hydrogen) atoms. The van der Waals surface area contributed by atoms with Gasteiger partial charge in [0, 0.05) is 12.6 Å². The molecule has 1 aliphatic heterocycles. The first-order chi connectivity index (χ1) is 8.74. The Morgan fingerprint density at radius 3 is 2.89 bits per heavy atom. The van der Waals surface area contributed by atoms with Crippen molar-refractivity contribution in [3.05, 3.63) is 24.3 Å². The lowest BCUT2D eigenvalue weighted by atomic mass is 10.1. The molecule has 3 N–H and O–H groups in total. The Bertz CT molecular complexity index is 386. The van der Waals surface area contributed by atoms with Crippen LogP contribution in [0, 0.1) is 0 Å². The predicted molar refractivity (Wildman–Crippen MR) is 67.6 cm³/mol. The van der Waals surface area contributed by atoms with Gasteiger partial charge in [-0.1, -0.05) is 0 Å². The van der Waals surface area contributed by atoms with Crippen molar-refractivity contribution >= 4 is 5.91 Å². The van der Waals surface area contributed by atoms with Crippen molar-refractivity contribution in [2.24, 2.45) is 0 Å². The van der Waals surface area contributed by atoms with Gasteiger partial charge in [-0.3, -0.25) is 4.79 Å². The third-order valence-electron chi connectivity index (χ3n) is 2.87. The number of phenols is 1. The second-order valence-electron chi connectivity index (χ2n) is 4.39. The summed E-state index contributed by atoms with van der Waals surface area (Å²) >= 11 is 0. The van der Waals surface area contributed by atoms with E-state index in [0.717, 1.165) is 25.9 Å². The summed E-state index contributed by atoms with van der Waals surface area (Å²) in [5.74, 6) is 0.640. The van der Waals surface area contributed by atoms with Gasteiger partial charge in [0.1, 0.15) is 11.5 Å². The van der Waals surface area contributed by atoms with Gasteiger partial charge in [0.2, 0.25) is 0 Å². The van der Waals surface area contributed by atoms with Crippen molar-refractivity contribution in [1.82, 2.24) is 10.6 Å². The first-order valence-electron chi connectivity index (χ1n) is 6.16. The number of carbonyl (C=O) groups is 1. The second kappa shape index (κ2) is 6.26. The average Bonchev–Trinajstić information content (AvgIpc) is 2.39. The molecular weight excluding hydrogens is 232 g/mol. The number of amides is 1. The van der Waals surface area contributed by atoms with Crippen molar-refractivity contribution in [1.29, 1.82) is 0 Å². The summed E-state index contributed by atoms with van der Waals surface area (Å²) in [5.41, 5.74) is 0. The lowest BCUT2D eigenvalue weighted by molar-refractivity contribution is -0.123. The number of aromatic hydroxyl groups is 1. The highest BCUT2D eigenvalue weighted by Crippen LogP contribution is 2.15. The van der Waals surface area contributed by atoms with Crippen molar-refractivity contribution in [2.45, 2.75) is 18.9 Å². The van der Waals surface area contributed by atoms with Gasteiger partial charge >= 0.3 is 0 Å². The number of piperidine rings is 1. The lowest BCUT2D eigenvalue weighted by Gasteiger charge is -2.23. The van der Waals surface area contributed by atoms with Crippen molar-refractivity contribution in [3.63, 3.8) is 0 Å². The van der Waals surface area contributed by atoms with Gasteiger partial charge in [-0.05, 0) is 43.7 Å². The lowest BCUT2D eigenvalue weighted by Crippen LogP contribution is -2.46. The normalized spacial score (nSPS) is 19.2. The standard InChI is InChI=1S/C13H18N2O3/c16-11-3-5-12(6-4-11)18-9-13(17)15-10-2-1-7-14-8-10/h3-6,10,14,16H,1-2,7-9H2,(H,15,17)/t10-/m0/s1. The van der Waals surface area contributed by atoms with Gasteiger partial charge in [-0.2, -0.15) is 0 Å². The number of phenolic OH excluding ortho intramolecular Hbond substituents is 1. The number of ether oxygens (including phenoxy) is 1. The first-order valence-corrected chi connectivity index (χ1v) is 6.16. The van der Waals surface area contributed by atoms with Gasteiger partial charge in [-0.15, -0.1) is 0 Å². The van der Waals surface area contributed by atoms with Crippen molar-refractivity contribution in [2.75, 3.05) is 19.7 Å². The van der Waals surface area contributed by atoms with Crippen LogP contribution in [0.15, 0.2) is 24.3 Å². The van der Waals surface area contributed by atoms with Crippen molar-refractivity contribution < 1.29 is 14.6 Å². The molecule has 0 unspecified atom stereocenters. The van der Waals surface area contributed by atoms with E-state index in [9.17, 15) is 4.79 Å². The van der Waals surface area contributed by atoms with Gasteiger partial charge in [0.15, 0.2) is 6.61 Å². The first kappa shape index (κ1) is 12.7. The van der Waals surface area contributed by atoms with Crippen LogP contribution in [0.25, 0.3) is 0 Å². The van der Waals surface area contributed by atoms with E-state index < -0.39 is 0 Å². The Hall–Kier alpha value is -1.75. The molecule has 5 nitrogen and oxygen atoms in total. The molecule has 1 atom stereocenters. The molecule has 1 aromatic rings. The Labute approximate surface area is 106 Å². The summed E-state index contributed by atoms with van der Waals surface area (Å²) in [6, 6.07) is 6.52. The van der Waals surface area contributed by atoms with Crippen LogP contribution < -0.4 is 15.4 Å². The van der Waals surface area contributed by atoms with Gasteiger partial charge in [0.05, 0.1) is 0 Å². The minimum Gasteiger partial charge on any atom is -0.508 e. The molecular formula is C13H18N2O3. The highest BCUT2D eigenvalue weighted by molar-refractivity contribution is 5.77. The maximum Gasteiger partial charge on any atom is 0.258 e. The van der Waals surface area contributed by atoms with Crippen LogP contribution in [0.5, 0.6) is 11.5 Å². The highest BCUT2D eigenvalue weighted by atomic mass is 16.5. The summed E-state index contributed by atoms with van der Waals surface area (Å²) in [4.78, 5) is 11.6. The third-order valence-corrected chi connectivity index (χ3v) is 2.87. The summed E-state index contributed by atoms with van der Waals surface area (Å²) in [5, 5.41) is 15.3. The fraction of sp³-hybridized carbons (Fsp3) is 0.462. The molecule has 0 spiro atoms. The van der Waals surface area contributed by atoms with Crippen LogP contribution in [-0.2, 0) is 4.79 Å². The predicted octanol–water partition coefficient (Wildman–Crippen LogP) is 0.639. The molecule has 2 rings (SSSR count). The molecule has 0 radical (unpaired) electrons. The van der Waals surface area contributed by atoms with Crippen LogP contribution in [0.2, 0.25) is 0 Å². The van der Waals surface area contributed by atoms with Crippen LogP contribution >= 0.6 is 0 Å². The van der Waals surface area contributed by atoms with E-state index in [4.69, 9.17) is 9.84 Å². The second-order valence-corrected chi connectivity index (χ2v) is 4.39. The zero-order chi connectivity index (χ0) is 12.8. The van der Waals surface area contributed by atoms with E-state index in [1.165, 1.54) is 12.1 Å². The maximum absolute atomic E-state index is 11.6. The molecule has 1 saturated heterocycles. The largest absolute Gasteiger partial charge is 0.508 e. The fourth-order valence-corrected chi connectivity index (χ4v) is 1.94. The van der Waals surface area contributed by atoms with Crippen molar-refractivity contribution in [3.8, 4) is 11.5 Å². The maximum atomic E-state index is 11.6. The van der Waals surface area contributed by atoms with Crippen LogP contribution in [0.1, 0.15) is 12.8 Å². The Morgan fingerprint density at radius 2 is 2.22 bits per heavy atom. The minimum absolute atomic E-state index is 0.00127. The summed E-state index contributed by atoms with van der Waals surface area (Å²) in [6.07, 6.45) is 2.10. The molecule has 0 bridgehead atoms. The Kier molecular flexibility index (Phi) is 4.41. The van der Waals surface area contributed by atoms with Gasteiger partial charge in [0.25, 0.3) is 5.91 Å². The number of hydrogen-bond acceptors (Lipinski definition) is 4. The van der Waals surface area contributed by atoms with Crippen LogP contribution in [-0.4, -0.2) is 36.8 Å². The van der Waals surface area contributed by atoms with Gasteiger partial charge in [-0.25, -0.2) is 0 Å². The van der Waals surface area contributed by atoms with E-state index >= 15 is 0 Å². The molecule has 1 fully saturated rings. The fourth-order valence-electron chi connectivity index (χ4n) is 1.94. The zero-order valence-electron chi connectivity index (χ0n) is 10.2. The molecule has 1 amide bonds. The van der Waals surface area contributed by atoms with E-state index in [0.29, 0.717) is 5.75 Å². The number of hydrogen-bond donors (Lipinski definition) is 3. The minimum atomic E-state index is -0.114. The molecule has 5 heteroatoms. The monoisotopic (exact) mass is 250 g/mol. The molecule has 1 heterocycles. The van der Waals surface area contributed by atoms with Crippen LogP contribution in [0.4, 0.5) is 0 Å². The van der Waals surface area contributed by atoms with E-state index in [1.54, 1.807) is 12.1 Å². The number of benzene rings is 1. The Morgan fingerprint density at radius 1 is 1.44 bits per heavy atom. The third kappa shape index (κ3) is 3.92. The topological polar surface area (TPSA) is 70.6 Å². The number of carbonyl (C=O) groups excluding carboxylic acids is 1. The summed E-state index contributed by atoms with van der Waals surface area (Å²) in [6.45, 7) is 1.85. The molecule has 1 aliphatic rings. The Balaban J connectivity index is 1.72. The average molecular weight is 250 g/mol. The summed E-state index contributed by atoms with van der Waals surface area (Å²) in [7, 11) is 0. The van der Waals surface area contributed by atoms with E-state index in [2.05, 4.69) is 10.6 Å². The van der Waals surface area contributed by atoms with E-state index in [1.807, 2.05) is 0 Å². The molecule has 98 valence electrons. The highest BCUT2D eigenvalue weighted by Gasteiger charge is 2.15. The number of nitrogens with one attached hydrogen (secondary N) is 2. The molecule has 0 aromatic heterocycles. The zero-order valence-corrected chi connectivity index (χ0v) is 10.2. The van der Waals surface area contributed by atoms with Crippen LogP contribution in [0.3, 0.4) is 0 Å². The molecule has 1 aromatic carbocycles.